The molecule has 4 heterocycles. The summed E-state index contributed by atoms with van der Waals surface area (Å²) in [4.78, 5) is 31.6. The van der Waals surface area contributed by atoms with E-state index in [1.165, 1.54) is 10.9 Å². The lowest BCUT2D eigenvalue weighted by Crippen LogP contribution is -2.61. The first-order valence-corrected chi connectivity index (χ1v) is 14.3. The number of fused-ring (bicyclic) bond motifs is 1. The summed E-state index contributed by atoms with van der Waals surface area (Å²) in [5.41, 5.74) is 6.03. The molecule has 11 N–H and O–H groups in total. The van der Waals surface area contributed by atoms with Crippen LogP contribution >= 0.6 is 15.6 Å². The highest BCUT2D eigenvalue weighted by molar-refractivity contribution is 7.61. The number of nitrogens with zero attached hydrogens (tertiary/aromatic N) is 4. The maximum absolute atomic E-state index is 12.3. The second-order valence-corrected chi connectivity index (χ2v) is 11.7. The van der Waals surface area contributed by atoms with Crippen molar-refractivity contribution in [1.82, 2.24) is 19.5 Å². The van der Waals surface area contributed by atoms with Gasteiger partial charge in [0.05, 0.1) is 19.5 Å². The Morgan fingerprint density at radius 2 is 1.68 bits per heavy atom. The molecule has 12 atom stereocenters. The Morgan fingerprint density at radius 1 is 0.975 bits per heavy atom. The normalized spacial score (nSPS) is 36.8. The molecule has 0 spiro atoms. The predicted octanol–water partition coefficient (Wildman–Crippen LogP) is -4.56. The monoisotopic (exact) mass is 619 g/mol. The van der Waals surface area contributed by atoms with Crippen LogP contribution in [0.15, 0.2) is 12.7 Å². The van der Waals surface area contributed by atoms with E-state index in [0.29, 0.717) is 0 Å². The number of hydrogen-bond acceptors (Lipinski definition) is 18. The van der Waals surface area contributed by atoms with Crippen LogP contribution < -0.4 is 5.73 Å². The van der Waals surface area contributed by atoms with Gasteiger partial charge in [-0.3, -0.25) is 13.6 Å². The van der Waals surface area contributed by atoms with Crippen molar-refractivity contribution < 1.29 is 77.5 Å². The predicted molar refractivity (Wildman–Crippen MR) is 123 cm³/mol. The number of phosphoric acid groups is 2. The second kappa shape index (κ2) is 11.9. The average molecular weight is 619 g/mol. The van der Waals surface area contributed by atoms with Gasteiger partial charge in [-0.25, -0.2) is 24.1 Å². The second-order valence-electron chi connectivity index (χ2n) is 8.74. The molecule has 23 heteroatoms. The summed E-state index contributed by atoms with van der Waals surface area (Å²) >= 11 is 0. The van der Waals surface area contributed by atoms with Gasteiger partial charge in [0.15, 0.2) is 24.0 Å². The Morgan fingerprint density at radius 3 is 2.35 bits per heavy atom. The van der Waals surface area contributed by atoms with Crippen LogP contribution in [0.4, 0.5) is 5.82 Å². The van der Waals surface area contributed by atoms with Crippen molar-refractivity contribution in [3.8, 4) is 0 Å². The van der Waals surface area contributed by atoms with Gasteiger partial charge < -0.3 is 60.7 Å². The highest BCUT2D eigenvalue weighted by atomic mass is 31.3. The Bertz CT molecular complexity index is 1290. The lowest BCUT2D eigenvalue weighted by molar-refractivity contribution is -0.292. The van der Waals surface area contributed by atoms with Crippen molar-refractivity contribution in [1.29, 1.82) is 0 Å². The molecule has 0 radical (unpaired) electrons. The molecule has 21 nitrogen and oxygen atoms in total. The van der Waals surface area contributed by atoms with Gasteiger partial charge in [-0.15, -0.1) is 0 Å². The molecule has 0 saturated carbocycles. The Balaban J connectivity index is 1.38. The van der Waals surface area contributed by atoms with E-state index in [9.17, 15) is 49.6 Å². The molecule has 40 heavy (non-hydrogen) atoms. The minimum absolute atomic E-state index is 0.0302. The van der Waals surface area contributed by atoms with E-state index in [2.05, 4.69) is 28.3 Å². The fourth-order valence-corrected chi connectivity index (χ4v) is 6.17. The minimum atomic E-state index is -5.65. The first kappa shape index (κ1) is 31.2. The lowest BCUT2D eigenvalue weighted by Gasteiger charge is -2.41. The summed E-state index contributed by atoms with van der Waals surface area (Å²) in [7, 11) is -11.2. The van der Waals surface area contributed by atoms with Crippen LogP contribution in [0.25, 0.3) is 11.2 Å². The van der Waals surface area contributed by atoms with Crippen molar-refractivity contribution in [2.45, 2.75) is 61.3 Å². The number of ether oxygens (including phenoxy) is 2. The molecular formula is C17H27N5O16P2. The highest BCUT2D eigenvalue weighted by Crippen LogP contribution is 2.61. The number of rotatable bonds is 10. The van der Waals surface area contributed by atoms with Crippen molar-refractivity contribution in [3.63, 3.8) is 0 Å². The lowest BCUT2D eigenvalue weighted by atomic mass is 9.96. The average Bonchev–Trinajstić information content (AvgIpc) is 3.43. The number of nitrogens with two attached hydrogens (primary N) is 1. The Hall–Kier alpha value is -1.75. The van der Waals surface area contributed by atoms with Gasteiger partial charge in [0.1, 0.15) is 60.7 Å². The summed E-state index contributed by atoms with van der Waals surface area (Å²) < 4.78 is 49.6. The van der Waals surface area contributed by atoms with Crippen molar-refractivity contribution in [2.75, 3.05) is 18.9 Å². The Labute approximate surface area is 223 Å². The summed E-state index contributed by atoms with van der Waals surface area (Å²) in [6, 6.07) is 0. The SMILES string of the molecule is Nc1ncnc2c1ncn2C1OC(COP(=O)(O)OP(=O)(O)OC2OC([C@@H](O)CO)C(O)C(O)C2O)C(O)C1O. The molecule has 0 amide bonds. The smallest absolute Gasteiger partial charge is 0.394 e. The minimum Gasteiger partial charge on any atom is -0.394 e. The van der Waals surface area contributed by atoms with E-state index < -0.39 is 90.2 Å². The van der Waals surface area contributed by atoms with E-state index in [0.717, 1.165) is 6.33 Å². The van der Waals surface area contributed by atoms with E-state index in [1.807, 2.05) is 0 Å². The van der Waals surface area contributed by atoms with E-state index in [-0.39, 0.29) is 17.0 Å². The molecule has 0 aromatic carbocycles. The zero-order valence-electron chi connectivity index (χ0n) is 20.0. The first-order valence-electron chi connectivity index (χ1n) is 11.3. The number of aliphatic hydroxyl groups excluding tert-OH is 7. The molecule has 2 aromatic rings. The summed E-state index contributed by atoms with van der Waals surface area (Å²) in [6.07, 6.45) is -16.0. The van der Waals surface area contributed by atoms with Crippen molar-refractivity contribution >= 4 is 32.6 Å². The van der Waals surface area contributed by atoms with Crippen LogP contribution in [0.3, 0.4) is 0 Å². The summed E-state index contributed by atoms with van der Waals surface area (Å²) in [5.74, 6) is 0.0302. The summed E-state index contributed by atoms with van der Waals surface area (Å²) in [5, 5.41) is 69.3. The largest absolute Gasteiger partial charge is 0.483 e. The van der Waals surface area contributed by atoms with E-state index >= 15 is 0 Å². The maximum Gasteiger partial charge on any atom is 0.483 e. The molecule has 2 aliphatic heterocycles. The number of imidazole rings is 1. The topological polar surface area (TPSA) is 332 Å². The zero-order valence-corrected chi connectivity index (χ0v) is 21.8. The van der Waals surface area contributed by atoms with Gasteiger partial charge in [0.2, 0.25) is 0 Å². The number of anilines is 1. The molecule has 2 fully saturated rings. The molecular weight excluding hydrogens is 592 g/mol. The number of aliphatic hydroxyl groups is 7. The van der Waals surface area contributed by atoms with Crippen LogP contribution in [0.1, 0.15) is 6.23 Å². The van der Waals surface area contributed by atoms with E-state index in [1.54, 1.807) is 0 Å². The number of hydrogen-bond donors (Lipinski definition) is 10. The fourth-order valence-electron chi connectivity index (χ4n) is 4.01. The molecule has 0 aliphatic carbocycles. The zero-order chi connectivity index (χ0) is 29.6. The Kier molecular flexibility index (Phi) is 9.25. The molecule has 4 rings (SSSR count). The maximum atomic E-state index is 12.3. The third-order valence-corrected chi connectivity index (χ3v) is 8.62. The molecule has 2 aliphatic rings. The van der Waals surface area contributed by atoms with Gasteiger partial charge in [0, 0.05) is 0 Å². The van der Waals surface area contributed by atoms with Gasteiger partial charge in [-0.1, -0.05) is 0 Å². The highest BCUT2D eigenvalue weighted by Gasteiger charge is 2.51. The molecule has 226 valence electrons. The first-order chi connectivity index (χ1) is 18.7. The molecule has 11 unspecified atom stereocenters. The van der Waals surface area contributed by atoms with Crippen LogP contribution in [0.2, 0.25) is 0 Å². The van der Waals surface area contributed by atoms with Crippen LogP contribution in [0, 0.1) is 0 Å². The van der Waals surface area contributed by atoms with Gasteiger partial charge in [-0.2, -0.15) is 4.31 Å². The molecule has 2 aromatic heterocycles. The van der Waals surface area contributed by atoms with Crippen LogP contribution in [-0.4, -0.2) is 133 Å². The third-order valence-electron chi connectivity index (χ3n) is 6.02. The standard InChI is InChI=1S/C17H27N5O16P2/c18-14-7-15(20-3-19-14)22(4-21-7)16-11(28)8(25)6(35-16)2-34-39(30,31)38-40(32,33)37-17-12(29)9(26)10(27)13(36-17)5(24)1-23/h3-6,8-13,16-17,23-29H,1-2H2,(H,30,31)(H,32,33)(H2,18,19,20)/t5-,6?,8?,9?,10?,11?,12?,13?,16?,17?/m0/s1. The fraction of sp³-hybridized carbons (Fsp3) is 0.706. The molecule has 2 saturated heterocycles. The van der Waals surface area contributed by atoms with Crippen LogP contribution in [0.5, 0.6) is 0 Å². The van der Waals surface area contributed by atoms with Crippen molar-refractivity contribution in [3.05, 3.63) is 12.7 Å². The van der Waals surface area contributed by atoms with Crippen molar-refractivity contribution in [2.24, 2.45) is 0 Å². The van der Waals surface area contributed by atoms with Gasteiger partial charge >= 0.3 is 15.6 Å². The van der Waals surface area contributed by atoms with Gasteiger partial charge in [0.25, 0.3) is 0 Å². The van der Waals surface area contributed by atoms with Crippen LogP contribution in [-0.2, 0) is 32.0 Å². The number of aromatic nitrogens is 4. The third kappa shape index (κ3) is 6.35. The number of nitrogen functional groups attached to an aromatic ring is 1. The quantitative estimate of drug-likeness (QED) is 0.112. The number of phosphoric ester groups is 2. The van der Waals surface area contributed by atoms with Gasteiger partial charge in [-0.05, 0) is 0 Å². The molecule has 0 bridgehead atoms. The summed E-state index contributed by atoms with van der Waals surface area (Å²) in [6.45, 7) is -1.95. The van der Waals surface area contributed by atoms with E-state index in [4.69, 9.17) is 20.3 Å².